The maximum Gasteiger partial charge on any atom is 0.143 e. The summed E-state index contributed by atoms with van der Waals surface area (Å²) >= 11 is 1.67. The SMILES string of the molecule is C/C=N/OCc1ccsc1. The van der Waals surface area contributed by atoms with E-state index < -0.39 is 0 Å². The van der Waals surface area contributed by atoms with Gasteiger partial charge in [0.05, 0.1) is 0 Å². The van der Waals surface area contributed by atoms with E-state index in [1.807, 2.05) is 23.8 Å². The van der Waals surface area contributed by atoms with Crippen molar-refractivity contribution >= 4 is 17.6 Å². The Morgan fingerprint density at radius 1 is 1.80 bits per heavy atom. The van der Waals surface area contributed by atoms with Gasteiger partial charge in [-0.2, -0.15) is 11.3 Å². The summed E-state index contributed by atoms with van der Waals surface area (Å²) in [6.07, 6.45) is 1.63. The molecule has 3 heteroatoms. The van der Waals surface area contributed by atoms with Crippen LogP contribution in [-0.2, 0) is 11.4 Å². The summed E-state index contributed by atoms with van der Waals surface area (Å²) in [6, 6.07) is 2.02. The zero-order valence-corrected chi connectivity index (χ0v) is 6.60. The molecular weight excluding hydrogens is 146 g/mol. The van der Waals surface area contributed by atoms with Crippen molar-refractivity contribution in [1.82, 2.24) is 0 Å². The fourth-order valence-corrected chi connectivity index (χ4v) is 1.21. The molecule has 0 aliphatic heterocycles. The minimum absolute atomic E-state index is 0.577. The minimum Gasteiger partial charge on any atom is -0.391 e. The Morgan fingerprint density at radius 3 is 3.30 bits per heavy atom. The predicted molar refractivity (Wildman–Crippen MR) is 43.3 cm³/mol. The van der Waals surface area contributed by atoms with Gasteiger partial charge in [0.25, 0.3) is 0 Å². The molecule has 1 aromatic heterocycles. The van der Waals surface area contributed by atoms with Gasteiger partial charge in [-0.3, -0.25) is 0 Å². The van der Waals surface area contributed by atoms with Crippen molar-refractivity contribution in [2.75, 3.05) is 0 Å². The third-order valence-corrected chi connectivity index (χ3v) is 1.72. The standard InChI is InChI=1S/C7H9NOS/c1-2-8-9-5-7-3-4-10-6-7/h2-4,6H,5H2,1H3/b8-2+. The van der Waals surface area contributed by atoms with E-state index in [9.17, 15) is 0 Å². The lowest BCUT2D eigenvalue weighted by Gasteiger charge is -1.92. The zero-order valence-electron chi connectivity index (χ0n) is 5.78. The summed E-state index contributed by atoms with van der Waals surface area (Å²) in [4.78, 5) is 4.90. The number of thiophene rings is 1. The Hall–Kier alpha value is -0.830. The summed E-state index contributed by atoms with van der Waals surface area (Å²) in [5.74, 6) is 0. The molecule has 1 aromatic rings. The number of hydrogen-bond acceptors (Lipinski definition) is 3. The van der Waals surface area contributed by atoms with Crippen LogP contribution in [0.1, 0.15) is 12.5 Å². The summed E-state index contributed by atoms with van der Waals surface area (Å²) in [6.45, 7) is 2.40. The van der Waals surface area contributed by atoms with Crippen molar-refractivity contribution in [2.24, 2.45) is 5.16 Å². The molecule has 0 saturated heterocycles. The van der Waals surface area contributed by atoms with Crippen molar-refractivity contribution in [1.29, 1.82) is 0 Å². The molecule has 0 aromatic carbocycles. The van der Waals surface area contributed by atoms with E-state index in [0.29, 0.717) is 6.61 Å². The smallest absolute Gasteiger partial charge is 0.143 e. The van der Waals surface area contributed by atoms with Crippen LogP contribution in [0.2, 0.25) is 0 Å². The van der Waals surface area contributed by atoms with E-state index in [1.54, 1.807) is 17.6 Å². The number of oxime groups is 1. The van der Waals surface area contributed by atoms with E-state index >= 15 is 0 Å². The molecule has 0 spiro atoms. The lowest BCUT2D eigenvalue weighted by Crippen LogP contribution is -1.81. The Morgan fingerprint density at radius 2 is 2.70 bits per heavy atom. The normalized spacial score (nSPS) is 10.5. The third kappa shape index (κ3) is 2.19. The molecule has 0 bridgehead atoms. The first-order valence-corrected chi connectivity index (χ1v) is 3.99. The second-order valence-corrected chi connectivity index (χ2v) is 2.55. The van der Waals surface area contributed by atoms with E-state index in [0.717, 1.165) is 0 Å². The third-order valence-electron chi connectivity index (χ3n) is 0.991. The van der Waals surface area contributed by atoms with Gasteiger partial charge in [0.1, 0.15) is 6.61 Å². The zero-order chi connectivity index (χ0) is 7.23. The highest BCUT2D eigenvalue weighted by molar-refractivity contribution is 7.07. The van der Waals surface area contributed by atoms with Gasteiger partial charge in [0, 0.05) is 11.8 Å². The molecule has 0 aliphatic carbocycles. The monoisotopic (exact) mass is 155 g/mol. The lowest BCUT2D eigenvalue weighted by molar-refractivity contribution is 0.132. The molecule has 0 radical (unpaired) electrons. The Labute approximate surface area is 64.1 Å². The second-order valence-electron chi connectivity index (χ2n) is 1.77. The molecule has 0 fully saturated rings. The van der Waals surface area contributed by atoms with Crippen LogP contribution in [0.4, 0.5) is 0 Å². The highest BCUT2D eigenvalue weighted by Gasteiger charge is 1.89. The molecule has 0 atom stereocenters. The van der Waals surface area contributed by atoms with Gasteiger partial charge < -0.3 is 4.84 Å². The van der Waals surface area contributed by atoms with Crippen molar-refractivity contribution < 1.29 is 4.84 Å². The maximum absolute atomic E-state index is 4.90. The highest BCUT2D eigenvalue weighted by Crippen LogP contribution is 2.06. The molecule has 1 heterocycles. The first-order chi connectivity index (χ1) is 4.93. The van der Waals surface area contributed by atoms with Gasteiger partial charge in [0.15, 0.2) is 0 Å². The van der Waals surface area contributed by atoms with Crippen molar-refractivity contribution in [2.45, 2.75) is 13.5 Å². The highest BCUT2D eigenvalue weighted by atomic mass is 32.1. The van der Waals surface area contributed by atoms with Crippen LogP contribution in [0.3, 0.4) is 0 Å². The molecule has 0 N–H and O–H groups in total. The fraction of sp³-hybridized carbons (Fsp3) is 0.286. The largest absolute Gasteiger partial charge is 0.391 e. The van der Waals surface area contributed by atoms with Crippen LogP contribution in [-0.4, -0.2) is 6.21 Å². The summed E-state index contributed by atoms with van der Waals surface area (Å²) in [7, 11) is 0. The topological polar surface area (TPSA) is 21.6 Å². The first kappa shape index (κ1) is 7.28. The number of hydrogen-bond donors (Lipinski definition) is 0. The molecule has 2 nitrogen and oxygen atoms in total. The Balaban J connectivity index is 2.28. The Bertz CT molecular complexity index is 193. The van der Waals surface area contributed by atoms with Gasteiger partial charge in [-0.05, 0) is 23.8 Å². The summed E-state index contributed by atoms with van der Waals surface area (Å²) in [5.41, 5.74) is 1.18. The van der Waals surface area contributed by atoms with Crippen LogP contribution >= 0.6 is 11.3 Å². The van der Waals surface area contributed by atoms with Crippen LogP contribution < -0.4 is 0 Å². The number of rotatable bonds is 3. The van der Waals surface area contributed by atoms with E-state index in [1.165, 1.54) is 5.56 Å². The molecule has 54 valence electrons. The average Bonchev–Trinajstić information content (AvgIpc) is 2.41. The van der Waals surface area contributed by atoms with Gasteiger partial charge >= 0.3 is 0 Å². The predicted octanol–water partition coefficient (Wildman–Crippen LogP) is 2.27. The van der Waals surface area contributed by atoms with Crippen LogP contribution in [0.5, 0.6) is 0 Å². The van der Waals surface area contributed by atoms with E-state index in [2.05, 4.69) is 5.16 Å². The average molecular weight is 155 g/mol. The molecule has 0 saturated carbocycles. The van der Waals surface area contributed by atoms with Gasteiger partial charge in [-0.25, -0.2) is 0 Å². The van der Waals surface area contributed by atoms with E-state index in [-0.39, 0.29) is 0 Å². The molecule has 10 heavy (non-hydrogen) atoms. The quantitative estimate of drug-likeness (QED) is 0.484. The van der Waals surface area contributed by atoms with Gasteiger partial charge in [-0.1, -0.05) is 5.16 Å². The minimum atomic E-state index is 0.577. The fourth-order valence-electron chi connectivity index (χ4n) is 0.561. The number of nitrogens with zero attached hydrogens (tertiary/aromatic N) is 1. The molecule has 0 aliphatic rings. The van der Waals surface area contributed by atoms with Gasteiger partial charge in [0.2, 0.25) is 0 Å². The summed E-state index contributed by atoms with van der Waals surface area (Å²) < 4.78 is 0. The summed E-state index contributed by atoms with van der Waals surface area (Å²) in [5, 5.41) is 7.70. The lowest BCUT2D eigenvalue weighted by atomic mass is 10.4. The molecular formula is C7H9NOS. The van der Waals surface area contributed by atoms with Crippen LogP contribution in [0, 0.1) is 0 Å². The van der Waals surface area contributed by atoms with Crippen LogP contribution in [0.15, 0.2) is 22.0 Å². The molecule has 0 amide bonds. The maximum atomic E-state index is 4.90. The first-order valence-electron chi connectivity index (χ1n) is 3.04. The Kier molecular flexibility index (Phi) is 2.96. The molecule has 0 unspecified atom stereocenters. The van der Waals surface area contributed by atoms with E-state index in [4.69, 9.17) is 4.84 Å². The van der Waals surface area contributed by atoms with Gasteiger partial charge in [-0.15, -0.1) is 0 Å². The van der Waals surface area contributed by atoms with Crippen LogP contribution in [0.25, 0.3) is 0 Å². The van der Waals surface area contributed by atoms with Crippen molar-refractivity contribution in [3.8, 4) is 0 Å². The molecule has 1 rings (SSSR count). The van der Waals surface area contributed by atoms with Crippen molar-refractivity contribution in [3.05, 3.63) is 22.4 Å². The second kappa shape index (κ2) is 4.06. The van der Waals surface area contributed by atoms with Crippen molar-refractivity contribution in [3.63, 3.8) is 0 Å².